The molecule has 0 aliphatic heterocycles. The van der Waals surface area contributed by atoms with Gasteiger partial charge in [-0.15, -0.1) is 11.3 Å². The molecule has 3 nitrogen and oxygen atoms in total. The first-order chi connectivity index (χ1) is 10.2. The van der Waals surface area contributed by atoms with Crippen molar-refractivity contribution in [3.05, 3.63) is 45.1 Å². The van der Waals surface area contributed by atoms with Crippen molar-refractivity contribution in [2.24, 2.45) is 5.73 Å². The van der Waals surface area contributed by atoms with Crippen LogP contribution in [0.4, 0.5) is 0 Å². The van der Waals surface area contributed by atoms with Gasteiger partial charge in [0.2, 0.25) is 0 Å². The van der Waals surface area contributed by atoms with Gasteiger partial charge in [-0.25, -0.2) is 4.98 Å². The topological polar surface area (TPSA) is 54.7 Å². The van der Waals surface area contributed by atoms with Gasteiger partial charge in [0, 0.05) is 10.9 Å². The summed E-state index contributed by atoms with van der Waals surface area (Å²) in [5.74, 6) is 0. The van der Waals surface area contributed by atoms with Crippen LogP contribution in [-0.2, 0) is 0 Å². The molecular weight excluding hydrogens is 366 g/mol. The lowest BCUT2D eigenvalue weighted by molar-refractivity contribution is 0.638. The van der Waals surface area contributed by atoms with Crippen molar-refractivity contribution in [1.29, 1.82) is 0 Å². The van der Waals surface area contributed by atoms with Gasteiger partial charge in [0.25, 0.3) is 0 Å². The highest BCUT2D eigenvalue weighted by Crippen LogP contribution is 2.41. The normalized spacial score (nSPS) is 14.4. The highest BCUT2D eigenvalue weighted by molar-refractivity contribution is 9.11. The number of aromatic amines is 1. The van der Waals surface area contributed by atoms with Gasteiger partial charge in [0.1, 0.15) is 0 Å². The second-order valence-corrected chi connectivity index (χ2v) is 8.44. The molecule has 6 heteroatoms. The number of thiophene rings is 1. The van der Waals surface area contributed by atoms with Gasteiger partial charge < -0.3 is 10.7 Å². The van der Waals surface area contributed by atoms with Crippen LogP contribution in [0.25, 0.3) is 11.0 Å². The van der Waals surface area contributed by atoms with Crippen molar-refractivity contribution < 1.29 is 0 Å². The Labute approximate surface area is 140 Å². The summed E-state index contributed by atoms with van der Waals surface area (Å²) >= 11 is 6.98. The van der Waals surface area contributed by atoms with Crippen LogP contribution in [0.2, 0.25) is 0 Å². The maximum Gasteiger partial charge on any atom is 0.167 e. The highest BCUT2D eigenvalue weighted by Gasteiger charge is 2.23. The third-order valence-corrected chi connectivity index (χ3v) is 6.47. The first-order valence-corrected chi connectivity index (χ1v) is 9.28. The number of nitrogens with two attached hydrogens (primary N) is 1. The number of para-hydroxylation sites is 2. The zero-order valence-electron chi connectivity index (χ0n) is 11.5. The molecule has 3 N–H and O–H groups in total. The van der Waals surface area contributed by atoms with E-state index >= 15 is 0 Å². The van der Waals surface area contributed by atoms with Crippen molar-refractivity contribution in [3.63, 3.8) is 0 Å². The van der Waals surface area contributed by atoms with Crippen LogP contribution in [0.15, 0.2) is 45.3 Å². The summed E-state index contributed by atoms with van der Waals surface area (Å²) in [5, 5.41) is 1.14. The zero-order chi connectivity index (χ0) is 14.8. The van der Waals surface area contributed by atoms with Gasteiger partial charge >= 0.3 is 0 Å². The molecule has 110 valence electrons. The van der Waals surface area contributed by atoms with E-state index in [2.05, 4.69) is 45.0 Å². The Morgan fingerprint density at radius 2 is 2.14 bits per heavy atom. The van der Waals surface area contributed by atoms with Gasteiger partial charge in [0.15, 0.2) is 5.16 Å². The number of thioether (sulfide) groups is 1. The molecule has 2 heterocycles. The van der Waals surface area contributed by atoms with Gasteiger partial charge in [-0.3, -0.25) is 0 Å². The molecule has 0 aliphatic rings. The lowest BCUT2D eigenvalue weighted by atomic mass is 10.1. The number of fused-ring (bicyclic) bond motifs is 1. The maximum absolute atomic E-state index is 6.33. The van der Waals surface area contributed by atoms with E-state index in [9.17, 15) is 0 Å². The molecule has 0 radical (unpaired) electrons. The molecule has 1 aromatic carbocycles. The molecular formula is C15H16BrN3S2. The first-order valence-electron chi connectivity index (χ1n) is 6.79. The predicted molar refractivity (Wildman–Crippen MR) is 95.0 cm³/mol. The summed E-state index contributed by atoms with van der Waals surface area (Å²) in [5.41, 5.74) is 8.39. The molecule has 0 fully saturated rings. The molecule has 3 aromatic rings. The third-order valence-electron chi connectivity index (χ3n) is 3.34. The minimum Gasteiger partial charge on any atom is -0.333 e. The number of halogens is 1. The summed E-state index contributed by atoms with van der Waals surface area (Å²) in [7, 11) is 0. The Bertz CT molecular complexity index is 704. The molecule has 0 bridgehead atoms. The highest BCUT2D eigenvalue weighted by atomic mass is 79.9. The minimum absolute atomic E-state index is 0.105. The predicted octanol–water partition coefficient (Wildman–Crippen LogP) is 4.96. The second-order valence-electron chi connectivity index (χ2n) is 4.81. The minimum atomic E-state index is 0.105. The van der Waals surface area contributed by atoms with Crippen LogP contribution in [0.1, 0.15) is 23.5 Å². The van der Waals surface area contributed by atoms with E-state index in [1.807, 2.05) is 24.3 Å². The molecule has 0 saturated carbocycles. The lowest BCUT2D eigenvalue weighted by Gasteiger charge is -2.20. The van der Waals surface area contributed by atoms with E-state index in [0.717, 1.165) is 26.4 Å². The summed E-state index contributed by atoms with van der Waals surface area (Å²) in [6.07, 6.45) is 0.938. The number of nitrogens with one attached hydrogen (secondary N) is 1. The van der Waals surface area contributed by atoms with Gasteiger partial charge in [0.05, 0.1) is 20.1 Å². The molecule has 2 unspecified atom stereocenters. The molecule has 0 saturated heterocycles. The van der Waals surface area contributed by atoms with Crippen molar-refractivity contribution in [1.82, 2.24) is 9.97 Å². The summed E-state index contributed by atoms with van der Waals surface area (Å²) in [6.45, 7) is 2.12. The fourth-order valence-electron chi connectivity index (χ4n) is 2.16. The number of hydrogen-bond donors (Lipinski definition) is 2. The largest absolute Gasteiger partial charge is 0.333 e. The number of H-pyrrole nitrogens is 1. The Morgan fingerprint density at radius 1 is 1.33 bits per heavy atom. The number of imidazole rings is 1. The van der Waals surface area contributed by atoms with Crippen LogP contribution in [0.3, 0.4) is 0 Å². The molecule has 21 heavy (non-hydrogen) atoms. The van der Waals surface area contributed by atoms with Crippen molar-refractivity contribution in [2.75, 3.05) is 0 Å². The smallest absolute Gasteiger partial charge is 0.167 e. The Hall–Kier alpha value is -0.820. The van der Waals surface area contributed by atoms with Crippen molar-refractivity contribution >= 4 is 50.1 Å². The fraction of sp³-hybridized carbons (Fsp3) is 0.267. The SMILES string of the molecule is CCC(N)C(Sc1nc2ccccc2[nH]1)c1ccc(Br)s1. The number of benzene rings is 1. The maximum atomic E-state index is 6.33. The average molecular weight is 382 g/mol. The molecule has 0 spiro atoms. The van der Waals surface area contributed by atoms with E-state index in [-0.39, 0.29) is 11.3 Å². The van der Waals surface area contributed by atoms with Gasteiger partial charge in [-0.2, -0.15) is 0 Å². The van der Waals surface area contributed by atoms with E-state index < -0.39 is 0 Å². The van der Waals surface area contributed by atoms with Crippen LogP contribution in [0.5, 0.6) is 0 Å². The Balaban J connectivity index is 1.90. The van der Waals surface area contributed by atoms with Gasteiger partial charge in [-0.05, 0) is 46.6 Å². The Morgan fingerprint density at radius 3 is 2.81 bits per heavy atom. The Kier molecular flexibility index (Phi) is 4.69. The van der Waals surface area contributed by atoms with E-state index in [0.29, 0.717) is 0 Å². The van der Waals surface area contributed by atoms with Crippen LogP contribution in [-0.4, -0.2) is 16.0 Å². The quantitative estimate of drug-likeness (QED) is 0.614. The molecule has 2 atom stereocenters. The van der Waals surface area contributed by atoms with E-state index in [1.54, 1.807) is 23.1 Å². The molecule has 0 amide bonds. The number of hydrogen-bond acceptors (Lipinski definition) is 4. The number of aromatic nitrogens is 2. The summed E-state index contributed by atoms with van der Waals surface area (Å²) < 4.78 is 1.14. The number of nitrogens with zero attached hydrogens (tertiary/aromatic N) is 1. The van der Waals surface area contributed by atoms with Crippen molar-refractivity contribution in [3.8, 4) is 0 Å². The average Bonchev–Trinajstić information content (AvgIpc) is 3.09. The summed E-state index contributed by atoms with van der Waals surface area (Å²) in [6, 6.07) is 12.4. The van der Waals surface area contributed by atoms with Crippen LogP contribution in [0, 0.1) is 0 Å². The van der Waals surface area contributed by atoms with Gasteiger partial charge in [-0.1, -0.05) is 30.8 Å². The fourth-order valence-corrected chi connectivity index (χ4v) is 5.05. The molecule has 3 rings (SSSR count). The molecule has 2 aromatic heterocycles. The zero-order valence-corrected chi connectivity index (χ0v) is 14.8. The first kappa shape index (κ1) is 15.1. The van der Waals surface area contributed by atoms with Crippen LogP contribution < -0.4 is 5.73 Å². The summed E-state index contributed by atoms with van der Waals surface area (Å²) in [4.78, 5) is 9.30. The number of rotatable bonds is 5. The van der Waals surface area contributed by atoms with E-state index in [1.165, 1.54) is 4.88 Å². The second kappa shape index (κ2) is 6.52. The van der Waals surface area contributed by atoms with Crippen LogP contribution >= 0.6 is 39.0 Å². The van der Waals surface area contributed by atoms with E-state index in [4.69, 9.17) is 5.73 Å². The monoisotopic (exact) mass is 381 g/mol. The molecule has 0 aliphatic carbocycles. The van der Waals surface area contributed by atoms with Crippen molar-refractivity contribution in [2.45, 2.75) is 29.8 Å². The standard InChI is InChI=1S/C15H16BrN3S2/c1-2-9(17)14(12-7-8-13(16)20-12)21-15-18-10-5-3-4-6-11(10)19-15/h3-9,14H,2,17H2,1H3,(H,18,19). The third kappa shape index (κ3) is 3.34. The lowest BCUT2D eigenvalue weighted by Crippen LogP contribution is -2.25.